The largest absolute Gasteiger partial charge is 0.337 e. The number of halogens is 1. The first-order valence-electron chi connectivity index (χ1n) is 8.14. The van der Waals surface area contributed by atoms with Crippen molar-refractivity contribution in [3.8, 4) is 11.4 Å². The second-order valence-corrected chi connectivity index (χ2v) is 7.03. The highest BCUT2D eigenvalue weighted by molar-refractivity contribution is 7.25. The first-order chi connectivity index (χ1) is 13.2. The molecule has 132 valence electrons. The molecule has 27 heavy (non-hydrogen) atoms. The average molecular weight is 378 g/mol. The van der Waals surface area contributed by atoms with Crippen molar-refractivity contribution in [2.45, 2.75) is 6.54 Å². The predicted molar refractivity (Wildman–Crippen MR) is 100 cm³/mol. The van der Waals surface area contributed by atoms with Crippen LogP contribution in [0.3, 0.4) is 0 Å². The van der Waals surface area contributed by atoms with Gasteiger partial charge in [0, 0.05) is 15.6 Å². The Morgan fingerprint density at radius 1 is 1.15 bits per heavy atom. The first kappa shape index (κ1) is 15.8. The van der Waals surface area contributed by atoms with Gasteiger partial charge >= 0.3 is 0 Å². The van der Waals surface area contributed by atoms with Gasteiger partial charge < -0.3 is 4.52 Å². The third-order valence-corrected chi connectivity index (χ3v) is 5.36. The summed E-state index contributed by atoms with van der Waals surface area (Å²) in [6, 6.07) is 13.7. The normalized spacial score (nSPS) is 11.4. The Balaban J connectivity index is 1.53. The lowest BCUT2D eigenvalue weighted by atomic mass is 10.2. The summed E-state index contributed by atoms with van der Waals surface area (Å²) in [7, 11) is 0. The van der Waals surface area contributed by atoms with Crippen molar-refractivity contribution in [3.63, 3.8) is 0 Å². The fourth-order valence-electron chi connectivity index (χ4n) is 2.94. The average Bonchev–Trinajstić information content (AvgIpc) is 3.29. The predicted octanol–water partition coefficient (Wildman–Crippen LogP) is 3.85. The smallest absolute Gasteiger partial charge is 0.271 e. The summed E-state index contributed by atoms with van der Waals surface area (Å²) in [4.78, 5) is 21.5. The Labute approximate surface area is 155 Å². The molecular weight excluding hydrogens is 367 g/mol. The molecule has 0 atom stereocenters. The number of hydrogen-bond acceptors (Lipinski definition) is 6. The van der Waals surface area contributed by atoms with Crippen LogP contribution in [-0.2, 0) is 6.54 Å². The summed E-state index contributed by atoms with van der Waals surface area (Å²) >= 11 is 1.41. The van der Waals surface area contributed by atoms with Crippen molar-refractivity contribution in [1.82, 2.24) is 19.7 Å². The van der Waals surface area contributed by atoms with Crippen molar-refractivity contribution in [2.24, 2.45) is 0 Å². The van der Waals surface area contributed by atoms with Gasteiger partial charge in [-0.15, -0.1) is 11.3 Å². The molecule has 0 unspecified atom stereocenters. The van der Waals surface area contributed by atoms with E-state index in [-0.39, 0.29) is 29.6 Å². The highest BCUT2D eigenvalue weighted by Gasteiger charge is 2.14. The fourth-order valence-corrected chi connectivity index (χ4v) is 4.04. The third kappa shape index (κ3) is 2.70. The minimum absolute atomic E-state index is 0.0956. The molecule has 2 aromatic carbocycles. The summed E-state index contributed by atoms with van der Waals surface area (Å²) < 4.78 is 21.6. The summed E-state index contributed by atoms with van der Waals surface area (Å²) in [6.07, 6.45) is 1.48. The van der Waals surface area contributed by atoms with E-state index in [9.17, 15) is 9.18 Å². The molecule has 0 aliphatic heterocycles. The number of aromatic nitrogens is 4. The second kappa shape index (κ2) is 6.10. The van der Waals surface area contributed by atoms with E-state index < -0.39 is 0 Å². The first-order valence-corrected chi connectivity index (χ1v) is 8.96. The molecule has 6 nitrogen and oxygen atoms in total. The Morgan fingerprint density at radius 3 is 2.93 bits per heavy atom. The molecule has 0 saturated heterocycles. The van der Waals surface area contributed by atoms with Crippen LogP contribution in [0.15, 0.2) is 64.2 Å². The number of hydrogen-bond donors (Lipinski definition) is 0. The van der Waals surface area contributed by atoms with Crippen molar-refractivity contribution >= 4 is 31.6 Å². The van der Waals surface area contributed by atoms with E-state index in [1.165, 1.54) is 34.4 Å². The maximum absolute atomic E-state index is 13.4. The van der Waals surface area contributed by atoms with Gasteiger partial charge in [-0.05, 0) is 18.2 Å². The van der Waals surface area contributed by atoms with Crippen molar-refractivity contribution in [2.75, 3.05) is 0 Å². The van der Waals surface area contributed by atoms with E-state index in [2.05, 4.69) is 15.1 Å². The molecule has 0 aliphatic carbocycles. The molecule has 0 amide bonds. The lowest BCUT2D eigenvalue weighted by Gasteiger charge is -2.00. The zero-order chi connectivity index (χ0) is 18.4. The molecule has 5 aromatic rings. The van der Waals surface area contributed by atoms with Gasteiger partial charge in [0.15, 0.2) is 0 Å². The van der Waals surface area contributed by atoms with Crippen LogP contribution < -0.4 is 5.56 Å². The van der Waals surface area contributed by atoms with Gasteiger partial charge in [0.2, 0.25) is 11.7 Å². The van der Waals surface area contributed by atoms with Gasteiger partial charge in [0.05, 0.1) is 11.8 Å². The number of rotatable bonds is 3. The molecule has 3 aromatic heterocycles. The van der Waals surface area contributed by atoms with Crippen LogP contribution in [0.25, 0.3) is 31.7 Å². The van der Waals surface area contributed by atoms with E-state index in [4.69, 9.17) is 4.52 Å². The summed E-state index contributed by atoms with van der Waals surface area (Å²) in [6.45, 7) is 0.0956. The Morgan fingerprint density at radius 2 is 2.04 bits per heavy atom. The van der Waals surface area contributed by atoms with E-state index in [0.717, 1.165) is 10.1 Å². The summed E-state index contributed by atoms with van der Waals surface area (Å²) in [5.41, 5.74) is 1.05. The Bertz CT molecular complexity index is 1350. The number of nitrogens with zero attached hydrogens (tertiary/aromatic N) is 4. The molecule has 3 heterocycles. The number of benzene rings is 2. The molecule has 0 saturated carbocycles. The highest BCUT2D eigenvalue weighted by atomic mass is 32.1. The van der Waals surface area contributed by atoms with E-state index in [1.807, 2.05) is 24.3 Å². The minimum Gasteiger partial charge on any atom is -0.337 e. The van der Waals surface area contributed by atoms with Crippen molar-refractivity contribution in [1.29, 1.82) is 0 Å². The Hall–Kier alpha value is -3.39. The van der Waals surface area contributed by atoms with Crippen LogP contribution in [-0.4, -0.2) is 19.7 Å². The van der Waals surface area contributed by atoms with E-state index in [0.29, 0.717) is 15.8 Å². The molecular formula is C19H11FN4O2S. The van der Waals surface area contributed by atoms with Gasteiger partial charge in [0.1, 0.15) is 17.1 Å². The summed E-state index contributed by atoms with van der Waals surface area (Å²) in [5, 5.41) is 4.83. The van der Waals surface area contributed by atoms with E-state index in [1.54, 1.807) is 12.1 Å². The molecule has 0 bridgehead atoms. The maximum atomic E-state index is 13.4. The molecule has 8 heteroatoms. The number of fused-ring (bicyclic) bond motifs is 3. The summed E-state index contributed by atoms with van der Waals surface area (Å²) in [5.74, 6) is 0.140. The lowest BCUT2D eigenvalue weighted by Crippen LogP contribution is -2.20. The highest BCUT2D eigenvalue weighted by Crippen LogP contribution is 2.29. The topological polar surface area (TPSA) is 73.8 Å². The quantitative estimate of drug-likeness (QED) is 0.477. The van der Waals surface area contributed by atoms with Crippen molar-refractivity contribution in [3.05, 3.63) is 76.9 Å². The molecule has 5 rings (SSSR count). The van der Waals surface area contributed by atoms with Crippen LogP contribution >= 0.6 is 11.3 Å². The van der Waals surface area contributed by atoms with Crippen molar-refractivity contribution < 1.29 is 8.91 Å². The Kier molecular flexibility index (Phi) is 3.58. The van der Waals surface area contributed by atoms with Crippen LogP contribution in [0.1, 0.15) is 5.89 Å². The van der Waals surface area contributed by atoms with E-state index >= 15 is 0 Å². The van der Waals surface area contributed by atoms with Crippen LogP contribution in [0.4, 0.5) is 4.39 Å². The van der Waals surface area contributed by atoms with Gasteiger partial charge in [-0.25, -0.2) is 9.37 Å². The maximum Gasteiger partial charge on any atom is 0.271 e. The van der Waals surface area contributed by atoms with Crippen LogP contribution in [0.5, 0.6) is 0 Å². The SMILES string of the molecule is O=c1c2sc3ccccc3c2ncn1Cc1nc(-c2cccc(F)c2)no1. The van der Waals surface area contributed by atoms with Gasteiger partial charge in [-0.2, -0.15) is 4.98 Å². The lowest BCUT2D eigenvalue weighted by molar-refractivity contribution is 0.369. The zero-order valence-electron chi connectivity index (χ0n) is 13.8. The fraction of sp³-hybridized carbons (Fsp3) is 0.0526. The molecule has 0 N–H and O–H groups in total. The van der Waals surface area contributed by atoms with Crippen LogP contribution in [0.2, 0.25) is 0 Å². The molecule has 0 spiro atoms. The zero-order valence-corrected chi connectivity index (χ0v) is 14.6. The monoisotopic (exact) mass is 378 g/mol. The standard InChI is InChI=1S/C19H11FN4O2S/c20-12-5-3-4-11(8-12)18-22-15(26-23-18)9-24-10-21-16-13-6-1-2-7-14(13)27-17(16)19(24)25/h1-8,10H,9H2. The molecule has 0 radical (unpaired) electrons. The second-order valence-electron chi connectivity index (χ2n) is 5.98. The van der Waals surface area contributed by atoms with Gasteiger partial charge in [-0.3, -0.25) is 9.36 Å². The molecule has 0 aliphatic rings. The van der Waals surface area contributed by atoms with Gasteiger partial charge in [0.25, 0.3) is 5.56 Å². The minimum atomic E-state index is -0.380. The third-order valence-electron chi connectivity index (χ3n) is 4.21. The number of thiophene rings is 1. The molecule has 0 fully saturated rings. The van der Waals surface area contributed by atoms with Gasteiger partial charge in [-0.1, -0.05) is 35.5 Å². The van der Waals surface area contributed by atoms with Crippen LogP contribution in [0, 0.1) is 5.82 Å².